The zero-order valence-corrected chi connectivity index (χ0v) is 15.0. The SMILES string of the molecule is CCNC(=O)N1N=C(c2cc(F)ccc2F)CC1(CCO)c1ccccc1. The molecule has 2 aromatic rings. The molecule has 0 fully saturated rings. The van der Waals surface area contributed by atoms with Gasteiger partial charge in [0.05, 0.1) is 5.71 Å². The summed E-state index contributed by atoms with van der Waals surface area (Å²) in [4.78, 5) is 12.7. The van der Waals surface area contributed by atoms with E-state index in [1.165, 1.54) is 5.01 Å². The van der Waals surface area contributed by atoms with Gasteiger partial charge in [-0.2, -0.15) is 5.10 Å². The highest BCUT2D eigenvalue weighted by molar-refractivity contribution is 6.04. The second-order valence-corrected chi connectivity index (χ2v) is 6.37. The Morgan fingerprint density at radius 1 is 1.26 bits per heavy atom. The molecule has 7 heteroatoms. The van der Waals surface area contributed by atoms with Crippen molar-refractivity contribution in [2.24, 2.45) is 5.10 Å². The van der Waals surface area contributed by atoms with Crippen LogP contribution in [-0.2, 0) is 5.54 Å². The summed E-state index contributed by atoms with van der Waals surface area (Å²) in [7, 11) is 0. The predicted molar refractivity (Wildman–Crippen MR) is 98.2 cm³/mol. The topological polar surface area (TPSA) is 64.9 Å². The summed E-state index contributed by atoms with van der Waals surface area (Å²) in [6.07, 6.45) is 0.368. The van der Waals surface area contributed by atoms with Gasteiger partial charge in [-0.25, -0.2) is 18.6 Å². The largest absolute Gasteiger partial charge is 0.396 e. The molecule has 27 heavy (non-hydrogen) atoms. The average Bonchev–Trinajstić information content (AvgIpc) is 3.05. The third-order valence-corrected chi connectivity index (χ3v) is 4.68. The number of rotatable bonds is 5. The molecule has 1 heterocycles. The van der Waals surface area contributed by atoms with E-state index in [9.17, 15) is 18.7 Å². The monoisotopic (exact) mass is 373 g/mol. The van der Waals surface area contributed by atoms with Crippen molar-refractivity contribution in [3.05, 3.63) is 71.3 Å². The molecule has 0 aromatic heterocycles. The van der Waals surface area contributed by atoms with Crippen LogP contribution in [0.25, 0.3) is 0 Å². The van der Waals surface area contributed by atoms with Gasteiger partial charge in [0.1, 0.15) is 17.2 Å². The number of aliphatic hydroxyl groups excluding tert-OH is 1. The fourth-order valence-corrected chi connectivity index (χ4v) is 3.43. The average molecular weight is 373 g/mol. The summed E-state index contributed by atoms with van der Waals surface area (Å²) in [6, 6.07) is 11.9. The Morgan fingerprint density at radius 3 is 2.67 bits per heavy atom. The number of amides is 2. The summed E-state index contributed by atoms with van der Waals surface area (Å²) in [5.74, 6) is -1.20. The van der Waals surface area contributed by atoms with E-state index in [0.717, 1.165) is 23.8 Å². The number of aliphatic hydroxyl groups is 1. The van der Waals surface area contributed by atoms with Crippen LogP contribution in [0.5, 0.6) is 0 Å². The summed E-state index contributed by atoms with van der Waals surface area (Å²) in [5.41, 5.74) is 0.0556. The smallest absolute Gasteiger partial charge is 0.338 e. The van der Waals surface area contributed by atoms with E-state index in [1.807, 2.05) is 30.3 Å². The molecule has 1 atom stereocenters. The van der Waals surface area contributed by atoms with Crippen LogP contribution in [0.1, 0.15) is 30.9 Å². The Morgan fingerprint density at radius 2 is 2.00 bits per heavy atom. The molecular formula is C20H21F2N3O2. The second-order valence-electron chi connectivity index (χ2n) is 6.37. The first kappa shape index (κ1) is 19.0. The van der Waals surface area contributed by atoms with Crippen LogP contribution >= 0.6 is 0 Å². The molecule has 1 aliphatic heterocycles. The van der Waals surface area contributed by atoms with Crippen molar-refractivity contribution >= 4 is 11.7 Å². The van der Waals surface area contributed by atoms with Gasteiger partial charge in [0, 0.05) is 31.6 Å². The summed E-state index contributed by atoms with van der Waals surface area (Å²) in [5, 5.41) is 18.0. The maximum absolute atomic E-state index is 14.3. The van der Waals surface area contributed by atoms with Gasteiger partial charge in [0.25, 0.3) is 0 Å². The van der Waals surface area contributed by atoms with Crippen LogP contribution in [0, 0.1) is 11.6 Å². The van der Waals surface area contributed by atoms with Crippen molar-refractivity contribution in [1.82, 2.24) is 10.3 Å². The summed E-state index contributed by atoms with van der Waals surface area (Å²) in [6.45, 7) is 1.97. The number of benzene rings is 2. The zero-order valence-electron chi connectivity index (χ0n) is 15.0. The fraction of sp³-hybridized carbons (Fsp3) is 0.300. The quantitative estimate of drug-likeness (QED) is 0.844. The molecular weight excluding hydrogens is 352 g/mol. The predicted octanol–water partition coefficient (Wildman–Crippen LogP) is 3.38. The van der Waals surface area contributed by atoms with E-state index in [0.29, 0.717) is 6.54 Å². The Labute approximate surface area is 156 Å². The Balaban J connectivity index is 2.13. The minimum Gasteiger partial charge on any atom is -0.396 e. The molecule has 0 bridgehead atoms. The van der Waals surface area contributed by atoms with Crippen LogP contribution in [0.3, 0.4) is 0 Å². The highest BCUT2D eigenvalue weighted by atomic mass is 19.1. The molecule has 2 amide bonds. The molecule has 0 saturated heterocycles. The molecule has 0 spiro atoms. The Kier molecular flexibility index (Phi) is 5.51. The lowest BCUT2D eigenvalue weighted by Gasteiger charge is -2.36. The molecule has 2 N–H and O–H groups in total. The van der Waals surface area contributed by atoms with Gasteiger partial charge in [-0.1, -0.05) is 30.3 Å². The van der Waals surface area contributed by atoms with Crippen LogP contribution in [0.15, 0.2) is 53.6 Å². The lowest BCUT2D eigenvalue weighted by molar-refractivity contribution is 0.104. The van der Waals surface area contributed by atoms with Crippen molar-refractivity contribution in [2.75, 3.05) is 13.2 Å². The number of hydrogen-bond donors (Lipinski definition) is 2. The maximum Gasteiger partial charge on any atom is 0.338 e. The van der Waals surface area contributed by atoms with Crippen molar-refractivity contribution in [1.29, 1.82) is 0 Å². The van der Waals surface area contributed by atoms with Gasteiger partial charge in [0.15, 0.2) is 0 Å². The number of nitrogens with one attached hydrogen (secondary N) is 1. The second kappa shape index (κ2) is 7.84. The molecule has 3 rings (SSSR count). The first-order chi connectivity index (χ1) is 13.0. The molecule has 0 radical (unpaired) electrons. The van der Waals surface area contributed by atoms with E-state index in [1.54, 1.807) is 6.92 Å². The van der Waals surface area contributed by atoms with Crippen molar-refractivity contribution in [2.45, 2.75) is 25.3 Å². The van der Waals surface area contributed by atoms with E-state index < -0.39 is 23.2 Å². The molecule has 0 aliphatic carbocycles. The minimum absolute atomic E-state index is 0.0139. The number of nitrogens with zero attached hydrogens (tertiary/aromatic N) is 2. The molecule has 1 aliphatic rings. The van der Waals surface area contributed by atoms with Crippen molar-refractivity contribution in [3.63, 3.8) is 0 Å². The van der Waals surface area contributed by atoms with Gasteiger partial charge in [0.2, 0.25) is 0 Å². The minimum atomic E-state index is -0.983. The molecule has 142 valence electrons. The van der Waals surface area contributed by atoms with Gasteiger partial charge in [-0.05, 0) is 30.7 Å². The maximum atomic E-state index is 14.3. The summed E-state index contributed by atoms with van der Waals surface area (Å²) >= 11 is 0. The lowest BCUT2D eigenvalue weighted by atomic mass is 9.81. The normalized spacial score (nSPS) is 19.1. The Hall–Kier alpha value is -2.80. The number of halogens is 2. The third-order valence-electron chi connectivity index (χ3n) is 4.68. The first-order valence-electron chi connectivity index (χ1n) is 8.79. The van der Waals surface area contributed by atoms with Crippen LogP contribution in [0.2, 0.25) is 0 Å². The Bertz CT molecular complexity index is 858. The van der Waals surface area contributed by atoms with Gasteiger partial charge < -0.3 is 10.4 Å². The fourth-order valence-electron chi connectivity index (χ4n) is 3.43. The van der Waals surface area contributed by atoms with E-state index in [2.05, 4.69) is 10.4 Å². The zero-order chi connectivity index (χ0) is 19.4. The highest BCUT2D eigenvalue weighted by Gasteiger charge is 2.47. The van der Waals surface area contributed by atoms with Crippen LogP contribution in [-0.4, -0.2) is 35.0 Å². The highest BCUT2D eigenvalue weighted by Crippen LogP contribution is 2.42. The lowest BCUT2D eigenvalue weighted by Crippen LogP contribution is -2.48. The van der Waals surface area contributed by atoms with E-state index in [4.69, 9.17) is 0 Å². The number of hydrogen-bond acceptors (Lipinski definition) is 3. The van der Waals surface area contributed by atoms with Gasteiger partial charge in [-0.15, -0.1) is 0 Å². The molecule has 0 saturated carbocycles. The number of carbonyl (C=O) groups excluding carboxylic acids is 1. The molecule has 2 aromatic carbocycles. The van der Waals surface area contributed by atoms with Crippen LogP contribution < -0.4 is 5.32 Å². The van der Waals surface area contributed by atoms with Crippen molar-refractivity contribution in [3.8, 4) is 0 Å². The number of hydrazone groups is 1. The number of carbonyl (C=O) groups is 1. The summed E-state index contributed by atoms with van der Waals surface area (Å²) < 4.78 is 28.0. The molecule has 1 unspecified atom stereocenters. The number of urea groups is 1. The van der Waals surface area contributed by atoms with Gasteiger partial charge in [-0.3, -0.25) is 0 Å². The van der Waals surface area contributed by atoms with Gasteiger partial charge >= 0.3 is 6.03 Å². The standard InChI is InChI=1S/C20H21F2N3O2/c1-2-23-19(27)25-20(10-11-26,14-6-4-3-5-7-14)13-18(24-25)16-12-15(21)8-9-17(16)22/h3-9,12,26H,2,10-11,13H2,1H3,(H,23,27). The van der Waals surface area contributed by atoms with E-state index >= 15 is 0 Å². The van der Waals surface area contributed by atoms with Crippen molar-refractivity contribution < 1.29 is 18.7 Å². The third kappa shape index (κ3) is 3.55. The first-order valence-corrected chi connectivity index (χ1v) is 8.79. The van der Waals surface area contributed by atoms with Crippen LogP contribution in [0.4, 0.5) is 13.6 Å². The molecule has 5 nitrogen and oxygen atoms in total. The van der Waals surface area contributed by atoms with E-state index in [-0.39, 0.29) is 30.7 Å².